The highest BCUT2D eigenvalue weighted by Gasteiger charge is 2.37. The Hall–Kier alpha value is -2.59. The van der Waals surface area contributed by atoms with Crippen LogP contribution in [0.5, 0.6) is 0 Å². The van der Waals surface area contributed by atoms with E-state index in [2.05, 4.69) is 12.5 Å². The average Bonchev–Trinajstić information content (AvgIpc) is 2.67. The van der Waals surface area contributed by atoms with Crippen molar-refractivity contribution in [1.82, 2.24) is 4.31 Å². The van der Waals surface area contributed by atoms with Gasteiger partial charge in [-0.05, 0) is 57.5 Å². The van der Waals surface area contributed by atoms with Crippen molar-refractivity contribution < 1.29 is 17.9 Å². The highest BCUT2D eigenvalue weighted by Crippen LogP contribution is 2.34. The van der Waals surface area contributed by atoms with E-state index in [0.29, 0.717) is 10.6 Å². The molecule has 0 fully saturated rings. The van der Waals surface area contributed by atoms with Crippen molar-refractivity contribution in [3.8, 4) is 12.3 Å². The van der Waals surface area contributed by atoms with Gasteiger partial charge in [0.2, 0.25) is 10.0 Å². The first kappa shape index (κ1) is 24.7. The average molecular weight is 460 g/mol. The van der Waals surface area contributed by atoms with Gasteiger partial charge in [-0.2, -0.15) is 4.31 Å². The number of halogens is 1. The Labute approximate surface area is 189 Å². The van der Waals surface area contributed by atoms with Gasteiger partial charge in [-0.25, -0.2) is 13.2 Å². The third-order valence-electron chi connectivity index (χ3n) is 4.34. The minimum absolute atomic E-state index is 0.0526. The quantitative estimate of drug-likeness (QED) is 0.335. The van der Waals surface area contributed by atoms with Crippen molar-refractivity contribution in [2.45, 2.75) is 44.2 Å². The number of sulfonamides is 1. The molecule has 2 aromatic carbocycles. The van der Waals surface area contributed by atoms with E-state index in [9.17, 15) is 13.2 Å². The summed E-state index contributed by atoms with van der Waals surface area (Å²) in [6.45, 7) is 10.6. The number of terminal acetylenes is 1. The van der Waals surface area contributed by atoms with Crippen LogP contribution in [0.3, 0.4) is 0 Å². The molecule has 0 heterocycles. The summed E-state index contributed by atoms with van der Waals surface area (Å²) in [5.74, 6) is 1.67. The standard InChI is InChI=1S/C24H26ClNO4S/c1-7-16-26(31(28,29)21-14-8-17(2)9-15-21)22(19-10-12-20(25)13-11-19)18(3)23(27)30-24(4,5)6/h1,8-15,22H,3,16H2,2,4-6H3. The fraction of sp³-hybridized carbons (Fsp3) is 0.292. The summed E-state index contributed by atoms with van der Waals surface area (Å²) in [4.78, 5) is 12.9. The van der Waals surface area contributed by atoms with Crippen molar-refractivity contribution >= 4 is 27.6 Å². The lowest BCUT2D eigenvalue weighted by Crippen LogP contribution is -2.38. The highest BCUT2D eigenvalue weighted by molar-refractivity contribution is 7.89. The predicted molar refractivity (Wildman–Crippen MR) is 123 cm³/mol. The van der Waals surface area contributed by atoms with Crippen LogP contribution in [0.2, 0.25) is 5.02 Å². The molecule has 31 heavy (non-hydrogen) atoms. The Kier molecular flexibility index (Phi) is 7.72. The second kappa shape index (κ2) is 9.69. The van der Waals surface area contributed by atoms with E-state index in [-0.39, 0.29) is 17.0 Å². The zero-order chi connectivity index (χ0) is 23.4. The molecule has 0 aliphatic heterocycles. The number of ether oxygens (including phenoxy) is 1. The van der Waals surface area contributed by atoms with Crippen LogP contribution in [0.1, 0.15) is 37.9 Å². The number of benzene rings is 2. The van der Waals surface area contributed by atoms with Crippen LogP contribution in [0, 0.1) is 19.3 Å². The molecule has 0 saturated carbocycles. The summed E-state index contributed by atoms with van der Waals surface area (Å²) >= 11 is 6.01. The molecule has 0 amide bonds. The van der Waals surface area contributed by atoms with Crippen molar-refractivity contribution in [1.29, 1.82) is 0 Å². The highest BCUT2D eigenvalue weighted by atomic mass is 35.5. The van der Waals surface area contributed by atoms with Gasteiger partial charge < -0.3 is 4.74 Å². The molecule has 0 N–H and O–H groups in total. The van der Waals surface area contributed by atoms with E-state index < -0.39 is 27.6 Å². The fourth-order valence-electron chi connectivity index (χ4n) is 2.89. The van der Waals surface area contributed by atoms with Crippen LogP contribution in [-0.2, 0) is 19.6 Å². The zero-order valence-corrected chi connectivity index (χ0v) is 19.6. The number of hydrogen-bond acceptors (Lipinski definition) is 4. The molecule has 7 heteroatoms. The number of aryl methyl sites for hydroxylation is 1. The molecule has 164 valence electrons. The lowest BCUT2D eigenvalue weighted by Gasteiger charge is -2.32. The van der Waals surface area contributed by atoms with Gasteiger partial charge in [-0.3, -0.25) is 0 Å². The first-order valence-corrected chi connectivity index (χ1v) is 11.4. The Balaban J connectivity index is 2.64. The minimum atomic E-state index is -4.07. The van der Waals surface area contributed by atoms with E-state index in [1.807, 2.05) is 6.92 Å². The SMILES string of the molecule is C#CCN(C(C(=C)C(=O)OC(C)(C)C)c1ccc(Cl)cc1)S(=O)(=O)c1ccc(C)cc1. The van der Waals surface area contributed by atoms with Crippen molar-refractivity contribution in [3.05, 3.63) is 76.8 Å². The van der Waals surface area contributed by atoms with Crippen LogP contribution in [-0.4, -0.2) is 30.8 Å². The third kappa shape index (κ3) is 6.20. The molecule has 0 aliphatic carbocycles. The maximum Gasteiger partial charge on any atom is 0.335 e. The van der Waals surface area contributed by atoms with E-state index in [1.165, 1.54) is 12.1 Å². The van der Waals surface area contributed by atoms with Crippen LogP contribution >= 0.6 is 11.6 Å². The summed E-state index contributed by atoms with van der Waals surface area (Å²) in [7, 11) is -4.07. The van der Waals surface area contributed by atoms with E-state index in [4.69, 9.17) is 22.8 Å². The van der Waals surface area contributed by atoms with Gasteiger partial charge in [-0.1, -0.05) is 53.9 Å². The summed E-state index contributed by atoms with van der Waals surface area (Å²) in [5.41, 5.74) is 0.571. The minimum Gasteiger partial charge on any atom is -0.457 e. The number of nitrogens with zero attached hydrogens (tertiary/aromatic N) is 1. The summed E-state index contributed by atoms with van der Waals surface area (Å²) in [6.07, 6.45) is 5.52. The van der Waals surface area contributed by atoms with Crippen molar-refractivity contribution in [3.63, 3.8) is 0 Å². The Morgan fingerprint density at radius 1 is 1.16 bits per heavy atom. The number of carbonyl (C=O) groups excluding carboxylic acids is 1. The van der Waals surface area contributed by atoms with Crippen LogP contribution < -0.4 is 0 Å². The fourth-order valence-corrected chi connectivity index (χ4v) is 4.54. The molecule has 0 saturated heterocycles. The number of esters is 1. The maximum atomic E-state index is 13.5. The van der Waals surface area contributed by atoms with Crippen LogP contribution in [0.25, 0.3) is 0 Å². The van der Waals surface area contributed by atoms with Crippen LogP contribution in [0.15, 0.2) is 65.6 Å². The number of hydrogen-bond donors (Lipinski definition) is 0. The van der Waals surface area contributed by atoms with Gasteiger partial charge in [0.15, 0.2) is 0 Å². The Morgan fingerprint density at radius 3 is 2.19 bits per heavy atom. The van der Waals surface area contributed by atoms with E-state index in [0.717, 1.165) is 9.87 Å². The molecule has 5 nitrogen and oxygen atoms in total. The molecule has 0 aliphatic rings. The van der Waals surface area contributed by atoms with Gasteiger partial charge in [0.05, 0.1) is 23.1 Å². The molecule has 0 radical (unpaired) electrons. The largest absolute Gasteiger partial charge is 0.457 e. The molecule has 0 spiro atoms. The predicted octanol–water partition coefficient (Wildman–Crippen LogP) is 4.91. The lowest BCUT2D eigenvalue weighted by molar-refractivity contribution is -0.150. The smallest absolute Gasteiger partial charge is 0.335 e. The second-order valence-corrected chi connectivity index (χ2v) is 10.4. The molecule has 1 atom stereocenters. The van der Waals surface area contributed by atoms with Crippen LogP contribution in [0.4, 0.5) is 0 Å². The van der Waals surface area contributed by atoms with Crippen molar-refractivity contribution in [2.24, 2.45) is 0 Å². The monoisotopic (exact) mass is 459 g/mol. The topological polar surface area (TPSA) is 63.7 Å². The van der Waals surface area contributed by atoms with Gasteiger partial charge in [0.25, 0.3) is 0 Å². The number of carbonyl (C=O) groups is 1. The van der Waals surface area contributed by atoms with E-state index in [1.54, 1.807) is 57.2 Å². The Morgan fingerprint density at radius 2 is 1.71 bits per heavy atom. The number of rotatable bonds is 7. The maximum absolute atomic E-state index is 13.5. The zero-order valence-electron chi connectivity index (χ0n) is 18.1. The molecule has 2 rings (SSSR count). The summed E-state index contributed by atoms with van der Waals surface area (Å²) in [6, 6.07) is 11.8. The summed E-state index contributed by atoms with van der Waals surface area (Å²) < 4.78 is 33.6. The van der Waals surface area contributed by atoms with Gasteiger partial charge in [-0.15, -0.1) is 6.42 Å². The van der Waals surface area contributed by atoms with Gasteiger partial charge in [0, 0.05) is 5.02 Å². The molecular formula is C24H26ClNO4S. The van der Waals surface area contributed by atoms with Gasteiger partial charge >= 0.3 is 5.97 Å². The molecule has 1 unspecified atom stereocenters. The Bertz CT molecular complexity index is 1090. The molecule has 0 bridgehead atoms. The van der Waals surface area contributed by atoms with Crippen molar-refractivity contribution in [2.75, 3.05) is 6.54 Å². The first-order valence-electron chi connectivity index (χ1n) is 9.56. The molecule has 0 aromatic heterocycles. The molecule has 2 aromatic rings. The van der Waals surface area contributed by atoms with E-state index >= 15 is 0 Å². The second-order valence-electron chi connectivity index (χ2n) is 8.05. The first-order chi connectivity index (χ1) is 14.4. The summed E-state index contributed by atoms with van der Waals surface area (Å²) in [5, 5.41) is 0.468. The van der Waals surface area contributed by atoms with Gasteiger partial charge in [0.1, 0.15) is 5.60 Å². The third-order valence-corrected chi connectivity index (χ3v) is 6.42. The molecular weight excluding hydrogens is 434 g/mol. The lowest BCUT2D eigenvalue weighted by atomic mass is 9.99. The normalized spacial score (nSPS) is 12.8.